The molecule has 230 valence electrons. The van der Waals surface area contributed by atoms with Crippen LogP contribution in [0, 0.1) is 12.7 Å². The van der Waals surface area contributed by atoms with E-state index in [1.165, 1.54) is 72.6 Å². The molecule has 3 aromatic rings. The number of aliphatic hydroxyl groups excluding tert-OH is 1. The van der Waals surface area contributed by atoms with Gasteiger partial charge in [-0.25, -0.2) is 9.18 Å². The fourth-order valence-electron chi connectivity index (χ4n) is 6.25. The number of carboxylic acid groups (broad SMARTS) is 1. The third kappa shape index (κ3) is 5.15. The molecule has 43 heavy (non-hydrogen) atoms. The Morgan fingerprint density at radius 3 is 2.51 bits per heavy atom. The van der Waals surface area contributed by atoms with Crippen molar-refractivity contribution in [1.82, 2.24) is 19.9 Å². The normalized spacial score (nSPS) is 24.3. The molecule has 6 rings (SSSR count). The topological polar surface area (TPSA) is 139 Å². The lowest BCUT2D eigenvalue weighted by atomic mass is 9.98. The summed E-state index contributed by atoms with van der Waals surface area (Å²) >= 11 is 1.19. The summed E-state index contributed by atoms with van der Waals surface area (Å²) in [5.74, 6) is -2.02. The fourth-order valence-corrected chi connectivity index (χ4v) is 7.49. The van der Waals surface area contributed by atoms with Gasteiger partial charge in [0.1, 0.15) is 33.2 Å². The summed E-state index contributed by atoms with van der Waals surface area (Å²) in [4.78, 5) is 30.2. The number of carbonyl (C=O) groups is 2. The zero-order valence-electron chi connectivity index (χ0n) is 24.3. The number of ether oxygens (including phenoxy) is 3. The second kappa shape index (κ2) is 11.2. The van der Waals surface area contributed by atoms with E-state index in [-0.39, 0.29) is 30.4 Å². The molecule has 1 unspecified atom stereocenters. The SMILES string of the molecule is COc1ccc(F)cc1[C@H](CN1c2sc(-n3nccn3)c(C)c2C(=O)N(C(C)(C)C(=O)O)C1O)O[C@@H]1C[C@H]2CC[C@@H](C1)O2. The Kier molecular flexibility index (Phi) is 7.65. The maximum absolute atomic E-state index is 14.7. The van der Waals surface area contributed by atoms with Crippen LogP contribution in [-0.4, -0.2) is 85.8 Å². The minimum atomic E-state index is -1.78. The van der Waals surface area contributed by atoms with Crippen molar-refractivity contribution in [2.45, 2.75) is 82.8 Å². The zero-order valence-corrected chi connectivity index (χ0v) is 25.1. The largest absolute Gasteiger partial charge is 0.496 e. The molecule has 2 fully saturated rings. The van der Waals surface area contributed by atoms with Crippen LogP contribution in [0.25, 0.3) is 5.00 Å². The third-order valence-electron chi connectivity index (χ3n) is 8.54. The molecule has 0 spiro atoms. The predicted molar refractivity (Wildman–Crippen MR) is 153 cm³/mol. The van der Waals surface area contributed by atoms with Crippen LogP contribution < -0.4 is 9.64 Å². The number of aliphatic carboxylic acids is 1. The number of carbonyl (C=O) groups excluding carboxylic acids is 1. The molecule has 0 saturated carbocycles. The number of benzene rings is 1. The molecular formula is C29H34FN5O7S. The first-order chi connectivity index (χ1) is 20.5. The lowest BCUT2D eigenvalue weighted by Crippen LogP contribution is -2.65. The highest BCUT2D eigenvalue weighted by molar-refractivity contribution is 7.19. The standard InChI is InChI=1S/C29H34FN5O7S/c1-15-23-24(36)34(29(2,3)27(37)38)28(39)33(26(23)43-25(15)35-31-9-10-32-35)14-22(20-11-16(30)5-8-21(20)40-4)42-19-12-17-6-7-18(13-19)41-17/h5,8-11,17-19,22,28,39H,6-7,12-14H2,1-4H3,(H,37,38)/t17-,18+,19-,22-,28?/m0/s1. The highest BCUT2D eigenvalue weighted by atomic mass is 32.1. The number of carboxylic acids is 1. The lowest BCUT2D eigenvalue weighted by molar-refractivity contribution is -0.154. The van der Waals surface area contributed by atoms with E-state index in [0.29, 0.717) is 39.7 Å². The second-order valence-corrected chi connectivity index (χ2v) is 12.6. The van der Waals surface area contributed by atoms with E-state index in [4.69, 9.17) is 14.2 Å². The molecule has 2 saturated heterocycles. The van der Waals surface area contributed by atoms with E-state index in [1.54, 1.807) is 6.92 Å². The van der Waals surface area contributed by atoms with Gasteiger partial charge in [-0.3, -0.25) is 9.69 Å². The van der Waals surface area contributed by atoms with Gasteiger partial charge in [0.15, 0.2) is 0 Å². The third-order valence-corrected chi connectivity index (χ3v) is 9.83. The lowest BCUT2D eigenvalue weighted by Gasteiger charge is -2.47. The Morgan fingerprint density at radius 2 is 1.88 bits per heavy atom. The van der Waals surface area contributed by atoms with E-state index < -0.39 is 35.7 Å². The first kappa shape index (κ1) is 29.5. The van der Waals surface area contributed by atoms with Gasteiger partial charge < -0.3 is 29.3 Å². The van der Waals surface area contributed by atoms with Crippen molar-refractivity contribution in [3.63, 3.8) is 0 Å². The van der Waals surface area contributed by atoms with E-state index in [0.717, 1.165) is 17.7 Å². The first-order valence-corrected chi connectivity index (χ1v) is 15.0. The van der Waals surface area contributed by atoms with Gasteiger partial charge in [-0.1, -0.05) is 11.3 Å². The number of rotatable bonds is 9. The molecule has 2 bridgehead atoms. The van der Waals surface area contributed by atoms with E-state index >= 15 is 0 Å². The average molecular weight is 616 g/mol. The van der Waals surface area contributed by atoms with Crippen molar-refractivity contribution >= 4 is 28.2 Å². The monoisotopic (exact) mass is 615 g/mol. The number of nitrogens with zero attached hydrogens (tertiary/aromatic N) is 5. The van der Waals surface area contributed by atoms with Gasteiger partial charge in [0.05, 0.1) is 49.9 Å². The van der Waals surface area contributed by atoms with Crippen LogP contribution >= 0.6 is 11.3 Å². The highest BCUT2D eigenvalue weighted by Crippen LogP contribution is 2.46. The number of fused-ring (bicyclic) bond motifs is 3. The molecule has 1 amide bonds. The van der Waals surface area contributed by atoms with Gasteiger partial charge in [-0.05, 0) is 64.7 Å². The van der Waals surface area contributed by atoms with Gasteiger partial charge in [0.25, 0.3) is 5.91 Å². The quantitative estimate of drug-likeness (QED) is 0.367. The summed E-state index contributed by atoms with van der Waals surface area (Å²) in [5, 5.41) is 31.2. The van der Waals surface area contributed by atoms with Gasteiger partial charge >= 0.3 is 5.97 Å². The number of halogens is 1. The van der Waals surface area contributed by atoms with Crippen LogP contribution in [0.15, 0.2) is 30.6 Å². The molecule has 2 aromatic heterocycles. The maximum atomic E-state index is 14.7. The number of hydrogen-bond donors (Lipinski definition) is 2. The Hall–Kier alpha value is -3.59. The molecule has 2 N–H and O–H groups in total. The summed E-state index contributed by atoms with van der Waals surface area (Å²) < 4.78 is 33.0. The summed E-state index contributed by atoms with van der Waals surface area (Å²) in [7, 11) is 1.48. The van der Waals surface area contributed by atoms with Crippen LogP contribution in [0.2, 0.25) is 0 Å². The average Bonchev–Trinajstić information content (AvgIpc) is 3.69. The summed E-state index contributed by atoms with van der Waals surface area (Å²) in [6.07, 6.45) is 3.71. The Balaban J connectivity index is 1.46. The number of anilines is 1. The van der Waals surface area contributed by atoms with Crippen LogP contribution in [0.1, 0.15) is 67.1 Å². The van der Waals surface area contributed by atoms with E-state index in [9.17, 15) is 24.2 Å². The smallest absolute Gasteiger partial charge is 0.329 e. The van der Waals surface area contributed by atoms with Crippen molar-refractivity contribution in [3.8, 4) is 10.8 Å². The van der Waals surface area contributed by atoms with E-state index in [2.05, 4.69) is 10.2 Å². The molecule has 0 radical (unpaired) electrons. The molecular weight excluding hydrogens is 581 g/mol. The van der Waals surface area contributed by atoms with Gasteiger partial charge in [0, 0.05) is 11.1 Å². The van der Waals surface area contributed by atoms with E-state index in [1.807, 2.05) is 0 Å². The Morgan fingerprint density at radius 1 is 1.21 bits per heavy atom. The minimum Gasteiger partial charge on any atom is -0.496 e. The molecule has 1 aromatic carbocycles. The van der Waals surface area contributed by atoms with Crippen molar-refractivity contribution in [2.75, 3.05) is 18.6 Å². The number of amides is 1. The Labute approximate surface area is 251 Å². The number of aliphatic hydroxyl groups is 1. The Bertz CT molecular complexity index is 1520. The maximum Gasteiger partial charge on any atom is 0.329 e. The molecule has 14 heteroatoms. The van der Waals surface area contributed by atoms with Gasteiger partial charge in [-0.2, -0.15) is 10.2 Å². The van der Waals surface area contributed by atoms with Crippen molar-refractivity contribution in [1.29, 1.82) is 0 Å². The van der Waals surface area contributed by atoms with Crippen LogP contribution in [0.4, 0.5) is 9.39 Å². The fraction of sp³-hybridized carbons (Fsp3) is 0.517. The number of methoxy groups -OCH3 is 1. The van der Waals surface area contributed by atoms with Crippen LogP contribution in [-0.2, 0) is 14.3 Å². The molecule has 12 nitrogen and oxygen atoms in total. The van der Waals surface area contributed by atoms with Crippen molar-refractivity contribution in [3.05, 3.63) is 53.1 Å². The predicted octanol–water partition coefficient (Wildman–Crippen LogP) is 3.65. The van der Waals surface area contributed by atoms with Crippen LogP contribution in [0.3, 0.4) is 0 Å². The van der Waals surface area contributed by atoms with Crippen molar-refractivity contribution < 1.29 is 38.4 Å². The van der Waals surface area contributed by atoms with Gasteiger partial charge in [0.2, 0.25) is 6.35 Å². The molecule has 3 aliphatic heterocycles. The summed E-state index contributed by atoms with van der Waals surface area (Å²) in [6.45, 7) is 4.40. The molecule has 0 aliphatic carbocycles. The molecule has 5 atom stereocenters. The second-order valence-electron chi connectivity index (χ2n) is 11.6. The summed E-state index contributed by atoms with van der Waals surface area (Å²) in [6, 6.07) is 4.16. The van der Waals surface area contributed by atoms with Gasteiger partial charge in [-0.15, -0.1) is 4.80 Å². The first-order valence-electron chi connectivity index (χ1n) is 14.2. The van der Waals surface area contributed by atoms with Crippen LogP contribution in [0.5, 0.6) is 5.75 Å². The minimum absolute atomic E-state index is 0.0495. The highest BCUT2D eigenvalue weighted by Gasteiger charge is 2.50. The number of thiophene rings is 1. The molecule has 3 aliphatic rings. The zero-order chi connectivity index (χ0) is 30.6. The number of hydrogen-bond acceptors (Lipinski definition) is 10. The van der Waals surface area contributed by atoms with Crippen molar-refractivity contribution in [2.24, 2.45) is 0 Å². The number of aromatic nitrogens is 3. The summed E-state index contributed by atoms with van der Waals surface area (Å²) in [5.41, 5.74) is -0.590. The molecule has 5 heterocycles.